The number of rotatable bonds is 2. The molecule has 5 nitrogen and oxygen atoms in total. The highest BCUT2D eigenvalue weighted by Gasteiger charge is 2.71. The lowest BCUT2D eigenvalue weighted by molar-refractivity contribution is -0.444. The minimum atomic E-state index is -4.88. The molecule has 6 fully saturated rings. The summed E-state index contributed by atoms with van der Waals surface area (Å²) in [5.41, 5.74) is -1.66. The van der Waals surface area contributed by atoms with Gasteiger partial charge in [-0.15, -0.1) is 0 Å². The zero-order chi connectivity index (χ0) is 20.9. The number of ether oxygens (including phenoxy) is 3. The molecule has 6 unspecified atom stereocenters. The molecule has 0 radical (unpaired) electrons. The summed E-state index contributed by atoms with van der Waals surface area (Å²) in [5.74, 6) is -2.68. The number of fused-ring (bicyclic) bond motifs is 2. The second-order valence-electron chi connectivity index (χ2n) is 10.7. The monoisotopic (exact) mass is 428 g/mol. The molecule has 1 heterocycles. The topological polar surface area (TPSA) is 65.0 Å². The van der Waals surface area contributed by atoms with Gasteiger partial charge in [-0.2, -0.15) is 13.2 Å². The van der Waals surface area contributed by atoms with Gasteiger partial charge in [0, 0.05) is 6.42 Å². The van der Waals surface area contributed by atoms with E-state index in [4.69, 9.17) is 9.47 Å². The number of alkyl halides is 3. The summed E-state index contributed by atoms with van der Waals surface area (Å²) in [6.45, 7) is -0.571. The number of halogens is 3. The average Bonchev–Trinajstić information content (AvgIpc) is 3.28. The summed E-state index contributed by atoms with van der Waals surface area (Å²) in [6, 6.07) is 0. The summed E-state index contributed by atoms with van der Waals surface area (Å²) in [6.07, 6.45) is 4.01. The number of hydrogen-bond acceptors (Lipinski definition) is 5. The molecule has 6 bridgehead atoms. The average molecular weight is 428 g/mol. The predicted octanol–water partition coefficient (Wildman–Crippen LogP) is 3.70. The smallest absolute Gasteiger partial charge is 0.443 e. The molecule has 0 aromatic heterocycles. The first kappa shape index (κ1) is 19.6. The predicted molar refractivity (Wildman–Crippen MR) is 96.6 cm³/mol. The Labute approximate surface area is 172 Å². The fourth-order valence-electron chi connectivity index (χ4n) is 7.87. The van der Waals surface area contributed by atoms with E-state index in [1.54, 1.807) is 0 Å². The highest BCUT2D eigenvalue weighted by Crippen LogP contribution is 2.65. The van der Waals surface area contributed by atoms with Gasteiger partial charge in [0.15, 0.2) is 6.79 Å². The molecule has 8 heteroatoms. The summed E-state index contributed by atoms with van der Waals surface area (Å²) in [4.78, 5) is 13.0. The molecular formula is C22H27F3O5. The lowest BCUT2D eigenvalue weighted by Gasteiger charge is -2.65. The Kier molecular flexibility index (Phi) is 3.92. The summed E-state index contributed by atoms with van der Waals surface area (Å²) >= 11 is 0. The van der Waals surface area contributed by atoms with Crippen LogP contribution in [0.4, 0.5) is 13.2 Å². The van der Waals surface area contributed by atoms with Crippen LogP contribution in [0.1, 0.15) is 51.4 Å². The van der Waals surface area contributed by atoms with Crippen molar-refractivity contribution in [3.63, 3.8) is 0 Å². The van der Waals surface area contributed by atoms with Gasteiger partial charge in [0.2, 0.25) is 0 Å². The second kappa shape index (κ2) is 6.01. The van der Waals surface area contributed by atoms with E-state index in [0.29, 0.717) is 24.7 Å². The van der Waals surface area contributed by atoms with Crippen molar-refractivity contribution in [3.05, 3.63) is 12.2 Å². The summed E-state index contributed by atoms with van der Waals surface area (Å²) < 4.78 is 57.3. The number of carbonyl (C=O) groups excluding carboxylic acids is 1. The third-order valence-corrected chi connectivity index (χ3v) is 9.00. The van der Waals surface area contributed by atoms with E-state index in [9.17, 15) is 23.1 Å². The number of allylic oxidation sites excluding steroid dienone is 2. The number of carbonyl (C=O) groups is 1. The van der Waals surface area contributed by atoms with Gasteiger partial charge in [-0.05, 0) is 74.5 Å². The first-order chi connectivity index (χ1) is 14.1. The zero-order valence-corrected chi connectivity index (χ0v) is 16.7. The fourth-order valence-corrected chi connectivity index (χ4v) is 7.87. The molecule has 1 saturated heterocycles. The van der Waals surface area contributed by atoms with E-state index in [-0.39, 0.29) is 29.6 Å². The molecule has 0 aromatic carbocycles. The van der Waals surface area contributed by atoms with Crippen LogP contribution in [0.3, 0.4) is 0 Å². The van der Waals surface area contributed by atoms with Crippen LogP contribution in [0.2, 0.25) is 0 Å². The number of esters is 1. The Balaban J connectivity index is 1.24. The van der Waals surface area contributed by atoms with Crippen LogP contribution in [0, 0.1) is 35.5 Å². The van der Waals surface area contributed by atoms with Crippen LogP contribution in [0.5, 0.6) is 0 Å². The first-order valence-corrected chi connectivity index (χ1v) is 11.1. The molecule has 5 saturated carbocycles. The maximum atomic E-state index is 13.5. The van der Waals surface area contributed by atoms with Crippen molar-refractivity contribution in [2.45, 2.75) is 74.5 Å². The summed E-state index contributed by atoms with van der Waals surface area (Å²) in [5, 5.41) is 10.3. The van der Waals surface area contributed by atoms with E-state index in [0.717, 1.165) is 32.1 Å². The second-order valence-corrected chi connectivity index (χ2v) is 10.7. The van der Waals surface area contributed by atoms with Crippen molar-refractivity contribution in [1.82, 2.24) is 0 Å². The molecule has 7 rings (SSSR count). The van der Waals surface area contributed by atoms with E-state index in [2.05, 4.69) is 16.9 Å². The zero-order valence-electron chi connectivity index (χ0n) is 16.7. The highest BCUT2D eigenvalue weighted by molar-refractivity contribution is 5.74. The van der Waals surface area contributed by atoms with Crippen LogP contribution < -0.4 is 0 Å². The van der Waals surface area contributed by atoms with Gasteiger partial charge in [-0.1, -0.05) is 12.2 Å². The highest BCUT2D eigenvalue weighted by atomic mass is 19.4. The van der Waals surface area contributed by atoms with E-state index >= 15 is 0 Å². The van der Waals surface area contributed by atoms with E-state index in [1.807, 2.05) is 0 Å². The van der Waals surface area contributed by atoms with Crippen molar-refractivity contribution in [1.29, 1.82) is 0 Å². The molecule has 166 valence electrons. The van der Waals surface area contributed by atoms with E-state index in [1.165, 1.54) is 0 Å². The lowest BCUT2D eigenvalue weighted by atomic mass is 9.47. The molecule has 30 heavy (non-hydrogen) atoms. The fraction of sp³-hybridized carbons (Fsp3) is 0.864. The van der Waals surface area contributed by atoms with Gasteiger partial charge in [-0.25, -0.2) is 0 Å². The van der Waals surface area contributed by atoms with Crippen molar-refractivity contribution < 1.29 is 37.3 Å². The van der Waals surface area contributed by atoms with E-state index < -0.39 is 36.4 Å². The van der Waals surface area contributed by atoms with Crippen LogP contribution in [-0.4, -0.2) is 41.0 Å². The molecular weight excluding hydrogens is 401 g/mol. The van der Waals surface area contributed by atoms with Crippen molar-refractivity contribution in [3.8, 4) is 0 Å². The van der Waals surface area contributed by atoms with Gasteiger partial charge in [0.1, 0.15) is 5.60 Å². The lowest BCUT2D eigenvalue weighted by Crippen LogP contribution is -2.70. The molecule has 1 aliphatic heterocycles. The Morgan fingerprint density at radius 2 is 1.77 bits per heavy atom. The van der Waals surface area contributed by atoms with Crippen LogP contribution in [0.15, 0.2) is 12.2 Å². The van der Waals surface area contributed by atoms with Crippen molar-refractivity contribution in [2.75, 3.05) is 6.79 Å². The number of aliphatic hydroxyl groups is 1. The SMILES string of the molecule is O=C(OC12CC3CC(C1)C1(CC(O)(C(F)(F)F)OCO1)C(C3)C2)C1CC2C=CC1C2. The molecule has 0 amide bonds. The van der Waals surface area contributed by atoms with Gasteiger partial charge in [-0.3, -0.25) is 4.79 Å². The molecule has 0 aromatic rings. The maximum Gasteiger partial charge on any atom is 0.443 e. The Bertz CT molecular complexity index is 778. The minimum Gasteiger partial charge on any atom is -0.459 e. The summed E-state index contributed by atoms with van der Waals surface area (Å²) in [7, 11) is 0. The normalized spacial score (nSPS) is 53.6. The first-order valence-electron chi connectivity index (χ1n) is 11.1. The molecule has 1 N–H and O–H groups in total. The van der Waals surface area contributed by atoms with Crippen LogP contribution >= 0.6 is 0 Å². The van der Waals surface area contributed by atoms with Gasteiger partial charge in [0.25, 0.3) is 5.79 Å². The Morgan fingerprint density at radius 3 is 2.37 bits per heavy atom. The van der Waals surface area contributed by atoms with Gasteiger partial charge < -0.3 is 19.3 Å². The maximum absolute atomic E-state index is 13.5. The number of hydrogen-bond donors (Lipinski definition) is 1. The van der Waals surface area contributed by atoms with Gasteiger partial charge >= 0.3 is 12.1 Å². The standard InChI is InChI=1S/C22H27F3O5/c23-22(24,25)21(27)10-20(28-11-29-21)15-4-13-5-16(20)9-19(7-13,8-15)30-18(26)17-6-12-1-2-14(17)3-12/h1-2,12-17,27H,3-11H2. The Morgan fingerprint density at radius 1 is 1.03 bits per heavy atom. The van der Waals surface area contributed by atoms with Crippen LogP contribution in [0.25, 0.3) is 0 Å². The quantitative estimate of drug-likeness (QED) is 0.537. The molecule has 7 aliphatic rings. The van der Waals surface area contributed by atoms with Gasteiger partial charge in [0.05, 0.1) is 11.5 Å². The largest absolute Gasteiger partial charge is 0.459 e. The Hall–Kier alpha value is -1.12. The molecule has 1 spiro atoms. The molecule has 6 atom stereocenters. The third-order valence-electron chi connectivity index (χ3n) is 9.00. The third kappa shape index (κ3) is 2.62. The molecule has 6 aliphatic carbocycles. The van der Waals surface area contributed by atoms with Crippen molar-refractivity contribution in [2.24, 2.45) is 35.5 Å². The van der Waals surface area contributed by atoms with Crippen molar-refractivity contribution >= 4 is 5.97 Å². The minimum absolute atomic E-state index is 0.0865. The van der Waals surface area contributed by atoms with Crippen LogP contribution in [-0.2, 0) is 19.0 Å².